The van der Waals surface area contributed by atoms with Gasteiger partial charge in [0, 0.05) is 37.6 Å². The third-order valence-electron chi connectivity index (χ3n) is 4.48. The van der Waals surface area contributed by atoms with Crippen LogP contribution in [0.2, 0.25) is 0 Å². The number of aromatic nitrogens is 1. The molecule has 0 spiro atoms. The molecule has 0 radical (unpaired) electrons. The van der Waals surface area contributed by atoms with Gasteiger partial charge < -0.3 is 10.0 Å². The second kappa shape index (κ2) is 7.29. The SMILES string of the molecule is CN(Cc1ccc(F)cc1)C[C@@]1(O)CCN(C(=O)c2ccncc2)C1. The number of pyridine rings is 1. The van der Waals surface area contributed by atoms with E-state index >= 15 is 0 Å². The van der Waals surface area contributed by atoms with Gasteiger partial charge in [-0.1, -0.05) is 12.1 Å². The summed E-state index contributed by atoms with van der Waals surface area (Å²) in [5.74, 6) is -0.342. The quantitative estimate of drug-likeness (QED) is 0.901. The van der Waals surface area contributed by atoms with Crippen molar-refractivity contribution >= 4 is 5.91 Å². The van der Waals surface area contributed by atoms with E-state index in [2.05, 4.69) is 4.98 Å². The number of aliphatic hydroxyl groups is 1. The minimum atomic E-state index is -0.933. The van der Waals surface area contributed by atoms with Gasteiger partial charge in [0.1, 0.15) is 5.82 Å². The zero-order chi connectivity index (χ0) is 17.9. The minimum Gasteiger partial charge on any atom is -0.387 e. The number of likely N-dealkylation sites (tertiary alicyclic amines) is 1. The maximum atomic E-state index is 13.0. The Labute approximate surface area is 146 Å². The summed E-state index contributed by atoms with van der Waals surface area (Å²) in [6.07, 6.45) is 3.72. The van der Waals surface area contributed by atoms with Crippen molar-refractivity contribution in [1.29, 1.82) is 0 Å². The summed E-state index contributed by atoms with van der Waals surface area (Å²) in [5.41, 5.74) is 0.631. The highest BCUT2D eigenvalue weighted by molar-refractivity contribution is 5.94. The van der Waals surface area contributed by atoms with Crippen molar-refractivity contribution in [2.45, 2.75) is 18.6 Å². The van der Waals surface area contributed by atoms with Gasteiger partial charge in [-0.2, -0.15) is 0 Å². The van der Waals surface area contributed by atoms with Crippen LogP contribution >= 0.6 is 0 Å². The fraction of sp³-hybridized carbons (Fsp3) is 0.368. The first-order chi connectivity index (χ1) is 12.0. The molecule has 1 N–H and O–H groups in total. The third-order valence-corrected chi connectivity index (χ3v) is 4.48. The second-order valence-corrected chi connectivity index (χ2v) is 6.74. The Bertz CT molecular complexity index is 723. The fourth-order valence-corrected chi connectivity index (χ4v) is 3.30. The lowest BCUT2D eigenvalue weighted by Gasteiger charge is -2.29. The van der Waals surface area contributed by atoms with Gasteiger partial charge in [-0.3, -0.25) is 14.7 Å². The van der Waals surface area contributed by atoms with E-state index in [-0.39, 0.29) is 11.7 Å². The predicted octanol–water partition coefficient (Wildman–Crippen LogP) is 1.93. The Morgan fingerprint density at radius 2 is 1.96 bits per heavy atom. The first-order valence-electron chi connectivity index (χ1n) is 8.30. The summed E-state index contributed by atoms with van der Waals surface area (Å²) in [6.45, 7) is 1.90. The van der Waals surface area contributed by atoms with Crippen LogP contribution in [0, 0.1) is 5.82 Å². The number of amides is 1. The maximum Gasteiger partial charge on any atom is 0.254 e. The molecule has 5 nitrogen and oxygen atoms in total. The van der Waals surface area contributed by atoms with Crippen LogP contribution in [0.5, 0.6) is 0 Å². The van der Waals surface area contributed by atoms with Crippen LogP contribution in [0.1, 0.15) is 22.3 Å². The molecule has 0 unspecified atom stereocenters. The Kier molecular flexibility index (Phi) is 5.11. The third kappa shape index (κ3) is 4.41. The average molecular weight is 343 g/mol. The lowest BCUT2D eigenvalue weighted by atomic mass is 10.0. The molecule has 25 heavy (non-hydrogen) atoms. The highest BCUT2D eigenvalue weighted by Gasteiger charge is 2.39. The molecule has 0 bridgehead atoms. The molecule has 1 aliphatic rings. The first-order valence-corrected chi connectivity index (χ1v) is 8.30. The molecule has 1 aliphatic heterocycles. The molecule has 6 heteroatoms. The average Bonchev–Trinajstić information content (AvgIpc) is 2.98. The van der Waals surface area contributed by atoms with Crippen molar-refractivity contribution in [3.63, 3.8) is 0 Å². The van der Waals surface area contributed by atoms with E-state index in [4.69, 9.17) is 0 Å². The Morgan fingerprint density at radius 1 is 1.28 bits per heavy atom. The maximum absolute atomic E-state index is 13.0. The number of likely N-dealkylation sites (N-methyl/N-ethyl adjacent to an activating group) is 1. The molecule has 1 saturated heterocycles. The van der Waals surface area contributed by atoms with Crippen LogP contribution in [0.3, 0.4) is 0 Å². The molecule has 1 aromatic heterocycles. The van der Waals surface area contributed by atoms with Crippen LogP contribution in [0.15, 0.2) is 48.8 Å². The van der Waals surface area contributed by atoms with Gasteiger partial charge in [-0.15, -0.1) is 0 Å². The Morgan fingerprint density at radius 3 is 2.64 bits per heavy atom. The predicted molar refractivity (Wildman–Crippen MR) is 92.4 cm³/mol. The number of nitrogens with zero attached hydrogens (tertiary/aromatic N) is 3. The number of hydrogen-bond donors (Lipinski definition) is 1. The molecule has 2 aromatic rings. The van der Waals surface area contributed by atoms with Crippen LogP contribution in [0.25, 0.3) is 0 Å². The van der Waals surface area contributed by atoms with Crippen molar-refractivity contribution in [2.75, 3.05) is 26.7 Å². The molecule has 0 aliphatic carbocycles. The highest BCUT2D eigenvalue weighted by atomic mass is 19.1. The highest BCUT2D eigenvalue weighted by Crippen LogP contribution is 2.24. The van der Waals surface area contributed by atoms with Gasteiger partial charge in [0.25, 0.3) is 5.91 Å². The van der Waals surface area contributed by atoms with Crippen LogP contribution in [-0.2, 0) is 6.54 Å². The fourth-order valence-electron chi connectivity index (χ4n) is 3.30. The van der Waals surface area contributed by atoms with Crippen molar-refractivity contribution in [2.24, 2.45) is 0 Å². The Hall–Kier alpha value is -2.31. The van der Waals surface area contributed by atoms with Crippen LogP contribution in [-0.4, -0.2) is 58.1 Å². The summed E-state index contributed by atoms with van der Waals surface area (Å²) >= 11 is 0. The topological polar surface area (TPSA) is 56.7 Å². The van der Waals surface area contributed by atoms with Crippen molar-refractivity contribution in [1.82, 2.24) is 14.8 Å². The zero-order valence-electron chi connectivity index (χ0n) is 14.2. The van der Waals surface area contributed by atoms with Crippen LogP contribution < -0.4 is 0 Å². The molecule has 1 atom stereocenters. The monoisotopic (exact) mass is 343 g/mol. The molecular formula is C19H22FN3O2. The summed E-state index contributed by atoms with van der Waals surface area (Å²) < 4.78 is 13.0. The zero-order valence-corrected chi connectivity index (χ0v) is 14.2. The van der Waals surface area contributed by atoms with E-state index in [9.17, 15) is 14.3 Å². The number of carbonyl (C=O) groups excluding carboxylic acids is 1. The van der Waals surface area contributed by atoms with Crippen molar-refractivity contribution in [3.05, 3.63) is 65.7 Å². The molecule has 1 fully saturated rings. The standard InChI is InChI=1S/C19H22FN3O2/c1-22(12-15-2-4-17(20)5-3-15)13-19(25)8-11-23(14-19)18(24)16-6-9-21-10-7-16/h2-7,9-10,25H,8,11-14H2,1H3/t19-/m0/s1. The molecule has 132 valence electrons. The smallest absolute Gasteiger partial charge is 0.254 e. The molecule has 1 amide bonds. The van der Waals surface area contributed by atoms with E-state index in [0.29, 0.717) is 38.2 Å². The van der Waals surface area contributed by atoms with Gasteiger partial charge in [0.15, 0.2) is 0 Å². The summed E-state index contributed by atoms with van der Waals surface area (Å²) in [4.78, 5) is 20.1. The van der Waals surface area contributed by atoms with Gasteiger partial charge in [0.05, 0.1) is 12.1 Å². The molecular weight excluding hydrogens is 321 g/mol. The van der Waals surface area contributed by atoms with E-state index in [0.717, 1.165) is 5.56 Å². The number of halogens is 1. The minimum absolute atomic E-state index is 0.0838. The Balaban J connectivity index is 1.57. The molecule has 2 heterocycles. The summed E-state index contributed by atoms with van der Waals surface area (Å²) in [5, 5.41) is 10.8. The number of carbonyl (C=O) groups is 1. The van der Waals surface area contributed by atoms with E-state index < -0.39 is 5.60 Å². The summed E-state index contributed by atoms with van der Waals surface area (Å²) in [7, 11) is 1.91. The second-order valence-electron chi connectivity index (χ2n) is 6.74. The van der Waals surface area contributed by atoms with Crippen molar-refractivity contribution < 1.29 is 14.3 Å². The molecule has 1 aromatic carbocycles. The number of β-amino-alcohol motifs (C(OH)–C–C–N with tert-alkyl or cyclic N) is 1. The van der Waals surface area contributed by atoms with Gasteiger partial charge in [-0.25, -0.2) is 4.39 Å². The van der Waals surface area contributed by atoms with Gasteiger partial charge >= 0.3 is 0 Å². The number of benzene rings is 1. The largest absolute Gasteiger partial charge is 0.387 e. The van der Waals surface area contributed by atoms with E-state index in [1.165, 1.54) is 12.1 Å². The normalized spacial score (nSPS) is 20.2. The lowest BCUT2D eigenvalue weighted by molar-refractivity contribution is 0.0163. The number of hydrogen-bond acceptors (Lipinski definition) is 4. The van der Waals surface area contributed by atoms with Crippen LogP contribution in [0.4, 0.5) is 4.39 Å². The van der Waals surface area contributed by atoms with Gasteiger partial charge in [0.2, 0.25) is 0 Å². The van der Waals surface area contributed by atoms with Crippen molar-refractivity contribution in [3.8, 4) is 0 Å². The van der Waals surface area contributed by atoms with E-state index in [1.807, 2.05) is 11.9 Å². The molecule has 0 saturated carbocycles. The van der Waals surface area contributed by atoms with E-state index in [1.54, 1.807) is 41.6 Å². The first kappa shape index (κ1) is 17.5. The summed E-state index contributed by atoms with van der Waals surface area (Å²) in [6, 6.07) is 9.71. The number of rotatable bonds is 5. The van der Waals surface area contributed by atoms with Gasteiger partial charge in [-0.05, 0) is 43.3 Å². The lowest BCUT2D eigenvalue weighted by Crippen LogP contribution is -2.44. The molecule has 3 rings (SSSR count).